The van der Waals surface area contributed by atoms with Gasteiger partial charge in [-0.05, 0) is 29.3 Å². The van der Waals surface area contributed by atoms with Crippen LogP contribution in [0.4, 0.5) is 19.0 Å². The topological polar surface area (TPSA) is 64.7 Å². The Labute approximate surface area is 182 Å². The van der Waals surface area contributed by atoms with Crippen molar-refractivity contribution in [3.05, 3.63) is 77.7 Å². The fourth-order valence-electron chi connectivity index (χ4n) is 3.55. The number of benzene rings is 2. The van der Waals surface area contributed by atoms with Crippen LogP contribution in [0.1, 0.15) is 23.9 Å². The maximum atomic E-state index is 12.8. The molecule has 2 aromatic carbocycles. The van der Waals surface area contributed by atoms with Gasteiger partial charge < -0.3 is 5.32 Å². The first-order valence-corrected chi connectivity index (χ1v) is 10.1. The molecule has 2 heterocycles. The van der Waals surface area contributed by atoms with Gasteiger partial charge in [-0.15, -0.1) is 0 Å². The minimum Gasteiger partial charge on any atom is -0.309 e. The highest BCUT2D eigenvalue weighted by atomic mass is 19.4. The quantitative estimate of drug-likeness (QED) is 0.464. The third-order valence-corrected chi connectivity index (χ3v) is 5.27. The molecule has 0 aliphatic heterocycles. The third-order valence-electron chi connectivity index (χ3n) is 5.27. The smallest absolute Gasteiger partial charge is 0.309 e. The highest BCUT2D eigenvalue weighted by Crippen LogP contribution is 2.28. The van der Waals surface area contributed by atoms with Crippen molar-refractivity contribution >= 4 is 22.5 Å². The van der Waals surface area contributed by atoms with E-state index in [0.29, 0.717) is 18.1 Å². The van der Waals surface area contributed by atoms with E-state index >= 15 is 0 Å². The monoisotopic (exact) mass is 441 g/mol. The molecule has 0 saturated carbocycles. The molecular weight excluding hydrogens is 419 g/mol. The van der Waals surface area contributed by atoms with Crippen LogP contribution in [0, 0.1) is 12.8 Å². The molecule has 0 spiro atoms. The number of aromatic nitrogens is 4. The minimum absolute atomic E-state index is 0.0322. The third kappa shape index (κ3) is 4.66. The Morgan fingerprint density at radius 2 is 1.84 bits per heavy atom. The second-order valence-electron chi connectivity index (χ2n) is 7.78. The molecule has 0 aliphatic carbocycles. The summed E-state index contributed by atoms with van der Waals surface area (Å²) in [6.07, 6.45) is -2.74. The standard InChI is InChI=1S/C23H22F3N5O/c1-15(13-31-16(2)12-20(28-31)23(24,25)26)22(32)27-21-10-11-30(29-21)14-18-8-5-7-17-6-3-4-9-19(17)18/h3-12,15H,13-14H2,1-2H3,(H,27,29,32). The van der Waals surface area contributed by atoms with Crippen LogP contribution in [0.15, 0.2) is 60.8 Å². The number of nitrogens with one attached hydrogen (secondary N) is 1. The van der Waals surface area contributed by atoms with Crippen LogP contribution < -0.4 is 5.32 Å². The Hall–Kier alpha value is -3.62. The lowest BCUT2D eigenvalue weighted by atomic mass is 10.0. The summed E-state index contributed by atoms with van der Waals surface area (Å²) in [4.78, 5) is 12.6. The average Bonchev–Trinajstić information content (AvgIpc) is 3.34. The SMILES string of the molecule is Cc1cc(C(F)(F)F)nn1CC(C)C(=O)Nc1ccn(Cc2cccc3ccccc23)n1. The van der Waals surface area contributed by atoms with Crippen LogP contribution in [-0.4, -0.2) is 25.5 Å². The van der Waals surface area contributed by atoms with Crippen LogP contribution in [-0.2, 0) is 24.1 Å². The number of nitrogens with zero attached hydrogens (tertiary/aromatic N) is 4. The molecule has 0 bridgehead atoms. The van der Waals surface area contributed by atoms with Crippen molar-refractivity contribution in [1.29, 1.82) is 0 Å². The molecule has 1 atom stereocenters. The highest BCUT2D eigenvalue weighted by Gasteiger charge is 2.34. The van der Waals surface area contributed by atoms with Crippen LogP contribution in [0.25, 0.3) is 10.8 Å². The number of carbonyl (C=O) groups is 1. The zero-order valence-electron chi connectivity index (χ0n) is 17.6. The second kappa shape index (κ2) is 8.49. The van der Waals surface area contributed by atoms with Crippen molar-refractivity contribution in [3.63, 3.8) is 0 Å². The molecule has 32 heavy (non-hydrogen) atoms. The van der Waals surface area contributed by atoms with Crippen LogP contribution in [0.5, 0.6) is 0 Å². The van der Waals surface area contributed by atoms with Gasteiger partial charge in [0.25, 0.3) is 0 Å². The summed E-state index contributed by atoms with van der Waals surface area (Å²) in [5.41, 5.74) is 0.484. The van der Waals surface area contributed by atoms with E-state index in [-0.39, 0.29) is 12.5 Å². The zero-order chi connectivity index (χ0) is 22.9. The van der Waals surface area contributed by atoms with E-state index in [9.17, 15) is 18.0 Å². The molecule has 1 unspecified atom stereocenters. The Balaban J connectivity index is 1.41. The van der Waals surface area contributed by atoms with Crippen molar-refractivity contribution in [1.82, 2.24) is 19.6 Å². The van der Waals surface area contributed by atoms with Gasteiger partial charge >= 0.3 is 6.18 Å². The average molecular weight is 441 g/mol. The first-order chi connectivity index (χ1) is 15.2. The van der Waals surface area contributed by atoms with Crippen molar-refractivity contribution in [2.45, 2.75) is 33.1 Å². The maximum Gasteiger partial charge on any atom is 0.435 e. The Bertz CT molecular complexity index is 1250. The maximum absolute atomic E-state index is 12.8. The van der Waals surface area contributed by atoms with Crippen LogP contribution >= 0.6 is 0 Å². The number of anilines is 1. The van der Waals surface area contributed by atoms with Gasteiger partial charge in [0, 0.05) is 18.0 Å². The fraction of sp³-hybridized carbons (Fsp3) is 0.261. The van der Waals surface area contributed by atoms with E-state index in [1.54, 1.807) is 23.9 Å². The summed E-state index contributed by atoms with van der Waals surface area (Å²) < 4.78 is 41.5. The van der Waals surface area contributed by atoms with Crippen molar-refractivity contribution in [2.24, 2.45) is 5.92 Å². The summed E-state index contributed by atoms with van der Waals surface area (Å²) in [6.45, 7) is 3.74. The van der Waals surface area contributed by atoms with Gasteiger partial charge in [0.15, 0.2) is 11.5 Å². The lowest BCUT2D eigenvalue weighted by Gasteiger charge is -2.12. The highest BCUT2D eigenvalue weighted by molar-refractivity contribution is 5.91. The van der Waals surface area contributed by atoms with E-state index < -0.39 is 17.8 Å². The molecule has 4 rings (SSSR count). The van der Waals surface area contributed by atoms with E-state index in [1.807, 2.05) is 36.4 Å². The van der Waals surface area contributed by atoms with Gasteiger partial charge in [-0.25, -0.2) is 0 Å². The predicted octanol–water partition coefficient (Wildman–Crippen LogP) is 4.88. The molecule has 1 N–H and O–H groups in total. The molecule has 166 valence electrons. The Morgan fingerprint density at radius 3 is 2.59 bits per heavy atom. The Morgan fingerprint density at radius 1 is 1.09 bits per heavy atom. The first-order valence-electron chi connectivity index (χ1n) is 10.1. The molecule has 0 fully saturated rings. The van der Waals surface area contributed by atoms with Gasteiger partial charge in [-0.3, -0.25) is 14.2 Å². The molecule has 1 amide bonds. The summed E-state index contributed by atoms with van der Waals surface area (Å²) in [7, 11) is 0. The lowest BCUT2D eigenvalue weighted by molar-refractivity contribution is -0.141. The number of aryl methyl sites for hydroxylation is 1. The van der Waals surface area contributed by atoms with Crippen molar-refractivity contribution in [2.75, 3.05) is 5.32 Å². The number of carbonyl (C=O) groups excluding carboxylic acids is 1. The molecule has 0 saturated heterocycles. The van der Waals surface area contributed by atoms with E-state index in [2.05, 4.69) is 21.6 Å². The van der Waals surface area contributed by atoms with Gasteiger partial charge in [0.05, 0.1) is 19.0 Å². The van der Waals surface area contributed by atoms with E-state index in [1.165, 1.54) is 11.6 Å². The summed E-state index contributed by atoms with van der Waals surface area (Å²) in [5, 5.41) is 13.0. The van der Waals surface area contributed by atoms with Crippen molar-refractivity contribution < 1.29 is 18.0 Å². The molecule has 6 nitrogen and oxygen atoms in total. The van der Waals surface area contributed by atoms with E-state index in [0.717, 1.165) is 22.4 Å². The number of hydrogen-bond donors (Lipinski definition) is 1. The summed E-state index contributed by atoms with van der Waals surface area (Å²) in [6, 6.07) is 16.8. The molecule has 0 radical (unpaired) electrons. The van der Waals surface area contributed by atoms with Crippen LogP contribution in [0.2, 0.25) is 0 Å². The number of fused-ring (bicyclic) bond motifs is 1. The second-order valence-corrected chi connectivity index (χ2v) is 7.78. The normalized spacial score (nSPS) is 12.8. The lowest BCUT2D eigenvalue weighted by Crippen LogP contribution is -2.25. The zero-order valence-corrected chi connectivity index (χ0v) is 17.6. The predicted molar refractivity (Wildman–Crippen MR) is 115 cm³/mol. The minimum atomic E-state index is -4.52. The fourth-order valence-corrected chi connectivity index (χ4v) is 3.55. The number of halogens is 3. The van der Waals surface area contributed by atoms with E-state index in [4.69, 9.17) is 0 Å². The van der Waals surface area contributed by atoms with Crippen molar-refractivity contribution in [3.8, 4) is 0 Å². The molecular formula is C23H22F3N5O. The van der Waals surface area contributed by atoms with Gasteiger partial charge in [0.2, 0.25) is 5.91 Å². The molecule has 9 heteroatoms. The summed E-state index contributed by atoms with van der Waals surface area (Å²) in [5.74, 6) is -0.558. The molecule has 2 aromatic heterocycles. The number of hydrogen-bond acceptors (Lipinski definition) is 3. The largest absolute Gasteiger partial charge is 0.435 e. The Kier molecular flexibility index (Phi) is 5.73. The molecule has 4 aromatic rings. The molecule has 0 aliphatic rings. The number of rotatable bonds is 6. The number of alkyl halides is 3. The van der Waals surface area contributed by atoms with Crippen LogP contribution in [0.3, 0.4) is 0 Å². The number of amides is 1. The summed E-state index contributed by atoms with van der Waals surface area (Å²) >= 11 is 0. The van der Waals surface area contributed by atoms with Gasteiger partial charge in [0.1, 0.15) is 0 Å². The van der Waals surface area contributed by atoms with Gasteiger partial charge in [-0.2, -0.15) is 23.4 Å². The van der Waals surface area contributed by atoms with Gasteiger partial charge in [-0.1, -0.05) is 49.4 Å². The first kappa shape index (κ1) is 21.6.